The van der Waals surface area contributed by atoms with Crippen LogP contribution < -0.4 is 0 Å². The number of nitrogens with zero attached hydrogens (tertiary/aromatic N) is 6. The van der Waals surface area contributed by atoms with Crippen LogP contribution in [0.2, 0.25) is 0 Å². The molecule has 2 aliphatic heterocycles. The Hall–Kier alpha value is -4.31. The lowest BCUT2D eigenvalue weighted by molar-refractivity contribution is 0.0115. The van der Waals surface area contributed by atoms with E-state index in [1.54, 1.807) is 23.5 Å². The number of halogens is 2. The number of alkyl halides is 2. The molecule has 8 nitrogen and oxygen atoms in total. The molecule has 1 aromatic carbocycles. The lowest BCUT2D eigenvalue weighted by atomic mass is 9.96. The van der Waals surface area contributed by atoms with Gasteiger partial charge in [0.15, 0.2) is 5.82 Å². The Labute approximate surface area is 216 Å². The number of aromatic amines is 2. The van der Waals surface area contributed by atoms with Crippen molar-refractivity contribution in [2.45, 2.75) is 31.2 Å². The first-order chi connectivity index (χ1) is 18.5. The van der Waals surface area contributed by atoms with Crippen molar-refractivity contribution in [1.29, 1.82) is 0 Å². The molecule has 10 heteroatoms. The third kappa shape index (κ3) is 4.16. The molecule has 0 bridgehead atoms. The minimum absolute atomic E-state index is 0.0923. The number of H-pyrrole nitrogens is 2. The van der Waals surface area contributed by atoms with Gasteiger partial charge in [-0.2, -0.15) is 5.10 Å². The number of likely N-dealkylation sites (tertiary alicyclic amines) is 1. The summed E-state index contributed by atoms with van der Waals surface area (Å²) in [7, 11) is 0. The third-order valence-electron chi connectivity index (χ3n) is 7.26. The highest BCUT2D eigenvalue weighted by Gasteiger charge is 2.37. The van der Waals surface area contributed by atoms with Crippen molar-refractivity contribution < 1.29 is 8.78 Å². The van der Waals surface area contributed by atoms with E-state index in [9.17, 15) is 8.78 Å². The summed E-state index contributed by atoms with van der Waals surface area (Å²) in [6.45, 7) is 0.634. The zero-order valence-electron chi connectivity index (χ0n) is 20.4. The molecule has 0 spiro atoms. The number of aromatic nitrogens is 6. The van der Waals surface area contributed by atoms with Crippen LogP contribution in [-0.2, 0) is 6.54 Å². The van der Waals surface area contributed by atoms with Gasteiger partial charge < -0.3 is 4.98 Å². The SMILES string of the molecule is FC1(F)CCN(Cc2cncc(-c3ccc4[nH]nc(-c5nc6c(C7C=CN=CC7)cncc6[nH]5)c4c3)c2)C1. The molecular weight excluding hydrogens is 486 g/mol. The van der Waals surface area contributed by atoms with E-state index < -0.39 is 5.92 Å². The Morgan fingerprint density at radius 1 is 1.03 bits per heavy atom. The molecule has 38 heavy (non-hydrogen) atoms. The van der Waals surface area contributed by atoms with Gasteiger partial charge in [0.1, 0.15) is 5.69 Å². The molecule has 0 amide bonds. The standard InChI is InChI=1S/C28H24F2N8/c29-28(30)5-8-38(16-28)15-17-9-20(12-32-11-17)19-1-2-23-21(10-19)26(37-36-23)27-34-24-14-33-13-22(25(24)35-27)18-3-6-31-7-4-18/h1-3,6-7,9-14,18H,4-5,8,15-16H2,(H,34,35)(H,36,37). The smallest absolute Gasteiger partial charge is 0.261 e. The Bertz CT molecular complexity index is 1720. The third-order valence-corrected chi connectivity index (χ3v) is 7.26. The molecule has 5 aromatic rings. The number of allylic oxidation sites excluding steroid dienone is 1. The topological polar surface area (TPSA) is 98.7 Å². The van der Waals surface area contributed by atoms with Gasteiger partial charge >= 0.3 is 0 Å². The summed E-state index contributed by atoms with van der Waals surface area (Å²) in [6, 6.07) is 8.07. The average Bonchev–Trinajstić information content (AvgIpc) is 3.64. The van der Waals surface area contributed by atoms with Crippen molar-refractivity contribution in [3.8, 4) is 22.6 Å². The summed E-state index contributed by atoms with van der Waals surface area (Å²) in [5, 5.41) is 8.60. The number of imidazole rings is 1. The molecule has 0 radical (unpaired) electrons. The van der Waals surface area contributed by atoms with Gasteiger partial charge in [0.05, 0.1) is 29.3 Å². The minimum Gasteiger partial charge on any atom is -0.335 e. The van der Waals surface area contributed by atoms with Crippen LogP contribution in [0.15, 0.2) is 66.3 Å². The number of hydrogen-bond acceptors (Lipinski definition) is 6. The highest BCUT2D eigenvalue weighted by Crippen LogP contribution is 2.33. The molecule has 2 N–H and O–H groups in total. The van der Waals surface area contributed by atoms with E-state index in [0.29, 0.717) is 24.6 Å². The Kier molecular flexibility index (Phi) is 5.36. The first kappa shape index (κ1) is 22.9. The molecule has 1 unspecified atom stereocenters. The number of pyridine rings is 2. The minimum atomic E-state index is -2.61. The fraction of sp³-hybridized carbons (Fsp3) is 0.250. The maximum atomic E-state index is 13.6. The van der Waals surface area contributed by atoms with Gasteiger partial charge in [0, 0.05) is 72.9 Å². The summed E-state index contributed by atoms with van der Waals surface area (Å²) < 4.78 is 27.3. The Balaban J connectivity index is 1.23. The van der Waals surface area contributed by atoms with E-state index in [1.165, 1.54) is 0 Å². The number of benzene rings is 1. The van der Waals surface area contributed by atoms with Gasteiger partial charge in [-0.05, 0) is 35.7 Å². The summed E-state index contributed by atoms with van der Waals surface area (Å²) in [5.41, 5.74) is 7.17. The average molecular weight is 511 g/mol. The van der Waals surface area contributed by atoms with Crippen molar-refractivity contribution in [2.24, 2.45) is 4.99 Å². The van der Waals surface area contributed by atoms with E-state index in [4.69, 9.17) is 4.98 Å². The Morgan fingerprint density at radius 2 is 1.95 bits per heavy atom. The molecule has 1 fully saturated rings. The normalized spacial score (nSPS) is 19.2. The van der Waals surface area contributed by atoms with Crippen molar-refractivity contribution in [2.75, 3.05) is 13.1 Å². The maximum Gasteiger partial charge on any atom is 0.261 e. The number of nitrogens with one attached hydrogen (secondary N) is 2. The highest BCUT2D eigenvalue weighted by atomic mass is 19.3. The monoisotopic (exact) mass is 510 g/mol. The van der Waals surface area contributed by atoms with Crippen LogP contribution in [0.3, 0.4) is 0 Å². The molecule has 1 atom stereocenters. The molecule has 2 aliphatic rings. The number of aliphatic imine (C=N–C) groups is 1. The van der Waals surface area contributed by atoms with Crippen LogP contribution in [0.1, 0.15) is 29.9 Å². The summed E-state index contributed by atoms with van der Waals surface area (Å²) >= 11 is 0. The van der Waals surface area contributed by atoms with Crippen LogP contribution in [0, 0.1) is 0 Å². The molecule has 0 saturated carbocycles. The molecule has 0 aliphatic carbocycles. The van der Waals surface area contributed by atoms with Crippen LogP contribution >= 0.6 is 0 Å². The van der Waals surface area contributed by atoms with Gasteiger partial charge in [-0.15, -0.1) is 0 Å². The maximum absolute atomic E-state index is 13.6. The molecular formula is C28H24F2N8. The Morgan fingerprint density at radius 3 is 2.79 bits per heavy atom. The fourth-order valence-corrected chi connectivity index (χ4v) is 5.34. The molecule has 7 rings (SSSR count). The van der Waals surface area contributed by atoms with Crippen LogP contribution in [0.5, 0.6) is 0 Å². The van der Waals surface area contributed by atoms with E-state index in [1.807, 2.05) is 36.8 Å². The first-order valence-corrected chi connectivity index (χ1v) is 12.6. The predicted octanol–water partition coefficient (Wildman–Crippen LogP) is 5.48. The zero-order valence-corrected chi connectivity index (χ0v) is 20.4. The molecule has 190 valence electrons. The van der Waals surface area contributed by atoms with Crippen molar-refractivity contribution in [3.63, 3.8) is 0 Å². The van der Waals surface area contributed by atoms with Crippen LogP contribution in [0.25, 0.3) is 44.6 Å². The lowest BCUT2D eigenvalue weighted by Gasteiger charge is -2.15. The lowest BCUT2D eigenvalue weighted by Crippen LogP contribution is -2.24. The zero-order chi connectivity index (χ0) is 25.7. The summed E-state index contributed by atoms with van der Waals surface area (Å²) in [4.78, 5) is 23.1. The first-order valence-electron chi connectivity index (χ1n) is 12.6. The van der Waals surface area contributed by atoms with Crippen LogP contribution in [-0.4, -0.2) is 60.3 Å². The second kappa shape index (κ2) is 8.91. The molecule has 6 heterocycles. The second-order valence-electron chi connectivity index (χ2n) is 9.96. The van der Waals surface area contributed by atoms with E-state index in [2.05, 4.69) is 42.3 Å². The number of hydrogen-bond donors (Lipinski definition) is 2. The number of rotatable bonds is 5. The van der Waals surface area contributed by atoms with Crippen molar-refractivity contribution in [3.05, 3.63) is 72.5 Å². The van der Waals surface area contributed by atoms with Gasteiger partial charge in [-0.3, -0.25) is 25.0 Å². The molecule has 4 aromatic heterocycles. The van der Waals surface area contributed by atoms with Gasteiger partial charge in [0.25, 0.3) is 5.92 Å². The van der Waals surface area contributed by atoms with E-state index in [-0.39, 0.29) is 18.9 Å². The second-order valence-corrected chi connectivity index (χ2v) is 9.96. The number of fused-ring (bicyclic) bond motifs is 2. The quantitative estimate of drug-likeness (QED) is 0.326. The van der Waals surface area contributed by atoms with Crippen molar-refractivity contribution in [1.82, 2.24) is 35.0 Å². The van der Waals surface area contributed by atoms with Crippen LogP contribution in [0.4, 0.5) is 8.78 Å². The molecule has 1 saturated heterocycles. The summed E-state index contributed by atoms with van der Waals surface area (Å²) in [5.74, 6) is -1.77. The van der Waals surface area contributed by atoms with E-state index in [0.717, 1.165) is 50.6 Å². The predicted molar refractivity (Wildman–Crippen MR) is 142 cm³/mol. The van der Waals surface area contributed by atoms with Crippen molar-refractivity contribution >= 4 is 28.2 Å². The fourth-order valence-electron chi connectivity index (χ4n) is 5.34. The van der Waals surface area contributed by atoms with Gasteiger partial charge in [-0.1, -0.05) is 12.1 Å². The largest absolute Gasteiger partial charge is 0.335 e. The summed E-state index contributed by atoms with van der Waals surface area (Å²) in [6.07, 6.45) is 13.7. The van der Waals surface area contributed by atoms with Gasteiger partial charge in [-0.25, -0.2) is 13.8 Å². The highest BCUT2D eigenvalue weighted by molar-refractivity contribution is 5.96. The van der Waals surface area contributed by atoms with Gasteiger partial charge in [0.2, 0.25) is 0 Å². The van der Waals surface area contributed by atoms with E-state index >= 15 is 0 Å².